The lowest BCUT2D eigenvalue weighted by Crippen LogP contribution is -2.11. The number of alkyl halides is 3. The van der Waals surface area contributed by atoms with E-state index >= 15 is 0 Å². The Morgan fingerprint density at radius 2 is 2.00 bits per heavy atom. The van der Waals surface area contributed by atoms with Crippen molar-refractivity contribution in [2.75, 3.05) is 0 Å². The summed E-state index contributed by atoms with van der Waals surface area (Å²) in [6.45, 7) is 1.05. The molecule has 0 bridgehead atoms. The van der Waals surface area contributed by atoms with Gasteiger partial charge in [0.25, 0.3) is 0 Å². The summed E-state index contributed by atoms with van der Waals surface area (Å²) >= 11 is 0. The van der Waals surface area contributed by atoms with Crippen LogP contribution in [0, 0.1) is 11.3 Å². The molecule has 0 N–H and O–H groups in total. The lowest BCUT2D eigenvalue weighted by atomic mass is 10.0. The Bertz CT molecular complexity index is 443. The van der Waals surface area contributed by atoms with E-state index in [2.05, 4.69) is 0 Å². The summed E-state index contributed by atoms with van der Waals surface area (Å²) < 4.78 is 37.4. The van der Waals surface area contributed by atoms with Gasteiger partial charge in [0.15, 0.2) is 5.78 Å². The number of Topliss-reactive ketones (excluding diaryl/α,β-unsaturated/α-hetero) is 1. The number of halogens is 3. The Balaban J connectivity index is 3.44. The Labute approximate surface area is 83.9 Å². The summed E-state index contributed by atoms with van der Waals surface area (Å²) in [5.41, 5.74) is -1.59. The number of carbonyl (C=O) groups is 1. The molecule has 0 amide bonds. The van der Waals surface area contributed by atoms with Crippen LogP contribution in [0.3, 0.4) is 0 Å². The van der Waals surface area contributed by atoms with E-state index in [1.807, 2.05) is 0 Å². The van der Waals surface area contributed by atoms with Crippen molar-refractivity contribution in [3.8, 4) is 6.07 Å². The van der Waals surface area contributed by atoms with Crippen molar-refractivity contribution in [2.45, 2.75) is 13.1 Å². The Hall–Kier alpha value is -1.83. The third-order valence-electron chi connectivity index (χ3n) is 1.83. The van der Waals surface area contributed by atoms with E-state index in [4.69, 9.17) is 5.26 Å². The fourth-order valence-corrected chi connectivity index (χ4v) is 1.16. The van der Waals surface area contributed by atoms with Crippen LogP contribution >= 0.6 is 0 Å². The Morgan fingerprint density at radius 3 is 2.40 bits per heavy atom. The maximum atomic E-state index is 12.5. The van der Waals surface area contributed by atoms with Gasteiger partial charge in [0, 0.05) is 5.56 Å². The predicted octanol–water partition coefficient (Wildman–Crippen LogP) is 2.78. The summed E-state index contributed by atoms with van der Waals surface area (Å²) in [6, 6.07) is 4.48. The lowest BCUT2D eigenvalue weighted by molar-refractivity contribution is -0.137. The van der Waals surface area contributed by atoms with Crippen LogP contribution < -0.4 is 0 Å². The largest absolute Gasteiger partial charge is 0.417 e. The zero-order valence-electron chi connectivity index (χ0n) is 7.72. The molecule has 0 aliphatic rings. The second kappa shape index (κ2) is 3.73. The highest BCUT2D eigenvalue weighted by molar-refractivity contribution is 5.95. The number of hydrogen-bond donors (Lipinski definition) is 0. The molecule has 0 spiro atoms. The van der Waals surface area contributed by atoms with Crippen LogP contribution in [-0.4, -0.2) is 5.78 Å². The fourth-order valence-electron chi connectivity index (χ4n) is 1.16. The van der Waals surface area contributed by atoms with Crippen LogP contribution in [0.4, 0.5) is 13.2 Å². The van der Waals surface area contributed by atoms with Crippen molar-refractivity contribution in [3.63, 3.8) is 0 Å². The van der Waals surface area contributed by atoms with Crippen LogP contribution in [0.5, 0.6) is 0 Å². The molecule has 0 fully saturated rings. The highest BCUT2D eigenvalue weighted by Gasteiger charge is 2.34. The SMILES string of the molecule is CC(=O)c1ccc(C#N)cc1C(F)(F)F. The molecule has 0 aliphatic carbocycles. The van der Waals surface area contributed by atoms with Crippen LogP contribution in [0.15, 0.2) is 18.2 Å². The van der Waals surface area contributed by atoms with Crippen molar-refractivity contribution in [1.29, 1.82) is 5.26 Å². The van der Waals surface area contributed by atoms with Gasteiger partial charge in [-0.2, -0.15) is 18.4 Å². The summed E-state index contributed by atoms with van der Waals surface area (Å²) in [4.78, 5) is 10.9. The normalized spacial score (nSPS) is 10.9. The first-order valence-corrected chi connectivity index (χ1v) is 3.98. The van der Waals surface area contributed by atoms with E-state index in [1.54, 1.807) is 6.07 Å². The van der Waals surface area contributed by atoms with Crippen molar-refractivity contribution in [3.05, 3.63) is 34.9 Å². The molecule has 0 saturated heterocycles. The van der Waals surface area contributed by atoms with Crippen molar-refractivity contribution in [2.24, 2.45) is 0 Å². The molecule has 1 rings (SSSR count). The standard InChI is InChI=1S/C10H6F3NO/c1-6(15)8-3-2-7(5-14)4-9(8)10(11,12)13/h2-4H,1H3. The molecule has 0 aliphatic heterocycles. The van der Waals surface area contributed by atoms with Gasteiger partial charge in [-0.1, -0.05) is 0 Å². The first-order valence-electron chi connectivity index (χ1n) is 3.98. The van der Waals surface area contributed by atoms with E-state index in [0.717, 1.165) is 13.0 Å². The van der Waals surface area contributed by atoms with Gasteiger partial charge in [-0.15, -0.1) is 0 Å². The Morgan fingerprint density at radius 1 is 1.40 bits per heavy atom. The van der Waals surface area contributed by atoms with Crippen molar-refractivity contribution < 1.29 is 18.0 Å². The molecule has 78 valence electrons. The highest BCUT2D eigenvalue weighted by Crippen LogP contribution is 2.32. The molecule has 15 heavy (non-hydrogen) atoms. The number of benzene rings is 1. The molecule has 0 saturated carbocycles. The van der Waals surface area contributed by atoms with Gasteiger partial charge in [-0.3, -0.25) is 4.79 Å². The molecule has 0 radical (unpaired) electrons. The van der Waals surface area contributed by atoms with E-state index in [9.17, 15) is 18.0 Å². The quantitative estimate of drug-likeness (QED) is 0.673. The number of nitriles is 1. The molecule has 2 nitrogen and oxygen atoms in total. The first kappa shape index (κ1) is 11.2. The third-order valence-corrected chi connectivity index (χ3v) is 1.83. The monoisotopic (exact) mass is 213 g/mol. The van der Waals surface area contributed by atoms with Crippen LogP contribution in [0.2, 0.25) is 0 Å². The molecule has 0 unspecified atom stereocenters. The number of carbonyl (C=O) groups excluding carboxylic acids is 1. The summed E-state index contributed by atoms with van der Waals surface area (Å²) in [6.07, 6.45) is -4.62. The van der Waals surface area contributed by atoms with Crippen molar-refractivity contribution >= 4 is 5.78 Å². The zero-order chi connectivity index (χ0) is 11.6. The molecule has 5 heteroatoms. The van der Waals surface area contributed by atoms with E-state index in [1.165, 1.54) is 6.07 Å². The van der Waals surface area contributed by atoms with E-state index < -0.39 is 23.1 Å². The molecule has 0 aromatic heterocycles. The fraction of sp³-hybridized carbons (Fsp3) is 0.200. The minimum atomic E-state index is -4.62. The number of ketones is 1. The number of hydrogen-bond acceptors (Lipinski definition) is 2. The van der Waals surface area contributed by atoms with Crippen LogP contribution in [0.1, 0.15) is 28.4 Å². The average molecular weight is 213 g/mol. The third kappa shape index (κ3) is 2.34. The first-order chi connectivity index (χ1) is 6.86. The van der Waals surface area contributed by atoms with Crippen molar-refractivity contribution in [1.82, 2.24) is 0 Å². The van der Waals surface area contributed by atoms with Crippen LogP contribution in [-0.2, 0) is 6.18 Å². The Kier molecular flexibility index (Phi) is 2.80. The maximum Gasteiger partial charge on any atom is 0.417 e. The minimum absolute atomic E-state index is 0.118. The van der Waals surface area contributed by atoms with E-state index in [-0.39, 0.29) is 5.56 Å². The van der Waals surface area contributed by atoms with Gasteiger partial charge in [-0.05, 0) is 25.1 Å². The summed E-state index contributed by atoms with van der Waals surface area (Å²) in [5.74, 6) is -0.674. The molecule has 0 heterocycles. The highest BCUT2D eigenvalue weighted by atomic mass is 19.4. The number of nitrogens with zero attached hydrogens (tertiary/aromatic N) is 1. The van der Waals surface area contributed by atoms with E-state index in [0.29, 0.717) is 6.07 Å². The molecule has 1 aromatic carbocycles. The van der Waals surface area contributed by atoms with Gasteiger partial charge in [0.05, 0.1) is 17.2 Å². The smallest absolute Gasteiger partial charge is 0.294 e. The molecular weight excluding hydrogens is 207 g/mol. The average Bonchev–Trinajstić information content (AvgIpc) is 2.15. The predicted molar refractivity (Wildman–Crippen MR) is 46.2 cm³/mol. The molecular formula is C10H6F3NO. The summed E-state index contributed by atoms with van der Waals surface area (Å²) in [5, 5.41) is 8.45. The summed E-state index contributed by atoms with van der Waals surface area (Å²) in [7, 11) is 0. The second-order valence-corrected chi connectivity index (χ2v) is 2.93. The van der Waals surface area contributed by atoms with Gasteiger partial charge in [0.2, 0.25) is 0 Å². The second-order valence-electron chi connectivity index (χ2n) is 2.93. The van der Waals surface area contributed by atoms with Gasteiger partial charge in [0.1, 0.15) is 0 Å². The van der Waals surface area contributed by atoms with Gasteiger partial charge < -0.3 is 0 Å². The van der Waals surface area contributed by atoms with Gasteiger partial charge in [-0.25, -0.2) is 0 Å². The van der Waals surface area contributed by atoms with Crippen LogP contribution in [0.25, 0.3) is 0 Å². The molecule has 0 atom stereocenters. The minimum Gasteiger partial charge on any atom is -0.294 e. The maximum absolute atomic E-state index is 12.5. The van der Waals surface area contributed by atoms with Gasteiger partial charge >= 0.3 is 6.18 Å². The lowest BCUT2D eigenvalue weighted by Gasteiger charge is -2.10. The zero-order valence-corrected chi connectivity index (χ0v) is 7.72. The molecule has 1 aromatic rings. The topological polar surface area (TPSA) is 40.9 Å². The number of rotatable bonds is 1.